The van der Waals surface area contributed by atoms with E-state index in [0.29, 0.717) is 30.2 Å². The number of hydrogen-bond donors (Lipinski definition) is 1. The summed E-state index contributed by atoms with van der Waals surface area (Å²) in [6, 6.07) is 16.6. The Kier molecular flexibility index (Phi) is 5.59. The van der Waals surface area contributed by atoms with Gasteiger partial charge in [-0.15, -0.1) is 0 Å². The van der Waals surface area contributed by atoms with Gasteiger partial charge < -0.3 is 19.5 Å². The van der Waals surface area contributed by atoms with Gasteiger partial charge in [0.2, 0.25) is 5.95 Å². The van der Waals surface area contributed by atoms with E-state index >= 15 is 0 Å². The molecule has 0 unspecified atom stereocenters. The molecule has 2 aliphatic rings. The molecule has 3 heterocycles. The van der Waals surface area contributed by atoms with Gasteiger partial charge in [0, 0.05) is 41.5 Å². The molecule has 8 heteroatoms. The summed E-state index contributed by atoms with van der Waals surface area (Å²) in [5.41, 5.74) is 5.09. The first-order valence-corrected chi connectivity index (χ1v) is 12.3. The van der Waals surface area contributed by atoms with E-state index in [1.807, 2.05) is 30.3 Å². The zero-order valence-electron chi connectivity index (χ0n) is 19.2. The highest BCUT2D eigenvalue weighted by Crippen LogP contribution is 2.36. The first-order valence-electron chi connectivity index (χ1n) is 11.9. The largest absolute Gasteiger partial charge is 0.378 e. The molecule has 2 fully saturated rings. The predicted octanol–water partition coefficient (Wildman–Crippen LogP) is 5.76. The minimum absolute atomic E-state index is 0.552. The van der Waals surface area contributed by atoms with Gasteiger partial charge >= 0.3 is 0 Å². The second-order valence-electron chi connectivity index (χ2n) is 8.99. The number of aromatic nitrogens is 4. The minimum Gasteiger partial charge on any atom is -0.378 e. The van der Waals surface area contributed by atoms with Crippen LogP contribution in [0.25, 0.3) is 22.3 Å². The van der Waals surface area contributed by atoms with Crippen LogP contribution in [0.5, 0.6) is 0 Å². The van der Waals surface area contributed by atoms with Gasteiger partial charge in [-0.2, -0.15) is 4.98 Å². The Morgan fingerprint density at radius 3 is 2.50 bits per heavy atom. The summed E-state index contributed by atoms with van der Waals surface area (Å²) in [4.78, 5) is 16.8. The number of fused-ring (bicyclic) bond motifs is 1. The minimum atomic E-state index is 0.552. The van der Waals surface area contributed by atoms with Crippen LogP contribution in [0.3, 0.4) is 0 Å². The molecule has 0 amide bonds. The van der Waals surface area contributed by atoms with Gasteiger partial charge in [0.05, 0.1) is 29.9 Å². The number of anilines is 3. The maximum absolute atomic E-state index is 6.07. The van der Waals surface area contributed by atoms with Gasteiger partial charge in [-0.05, 0) is 62.6 Å². The Balaban J connectivity index is 1.42. The van der Waals surface area contributed by atoms with Crippen molar-refractivity contribution in [3.63, 3.8) is 0 Å². The van der Waals surface area contributed by atoms with Crippen molar-refractivity contribution in [1.29, 1.82) is 0 Å². The molecule has 2 aromatic heterocycles. The third-order valence-electron chi connectivity index (χ3n) is 6.73. The van der Waals surface area contributed by atoms with E-state index < -0.39 is 0 Å². The number of ether oxygens (including phenoxy) is 1. The molecule has 1 aliphatic carbocycles. The number of hydrogen-bond acceptors (Lipinski definition) is 6. The maximum atomic E-state index is 6.07. The van der Waals surface area contributed by atoms with E-state index in [4.69, 9.17) is 31.3 Å². The molecular formula is C26H27ClN6O. The fourth-order valence-electron chi connectivity index (χ4n) is 4.71. The number of rotatable bonds is 5. The lowest BCUT2D eigenvalue weighted by atomic mass is 9.92. The quantitative estimate of drug-likeness (QED) is 0.396. The van der Waals surface area contributed by atoms with Crippen molar-refractivity contribution in [1.82, 2.24) is 19.5 Å². The van der Waals surface area contributed by atoms with Crippen molar-refractivity contribution in [2.24, 2.45) is 0 Å². The first-order chi connectivity index (χ1) is 16.6. The van der Waals surface area contributed by atoms with Crippen molar-refractivity contribution in [3.8, 4) is 11.3 Å². The number of aryl methyl sites for hydroxylation is 1. The van der Waals surface area contributed by atoms with Crippen LogP contribution in [0.1, 0.15) is 31.1 Å². The van der Waals surface area contributed by atoms with Crippen LogP contribution < -0.4 is 10.2 Å². The smallest absolute Gasteiger partial charge is 0.228 e. The van der Waals surface area contributed by atoms with E-state index in [-0.39, 0.29) is 0 Å². The van der Waals surface area contributed by atoms with Gasteiger partial charge in [0.1, 0.15) is 11.6 Å². The summed E-state index contributed by atoms with van der Waals surface area (Å²) >= 11 is 6.07. The summed E-state index contributed by atoms with van der Waals surface area (Å²) in [5, 5.41) is 4.13. The topological polar surface area (TPSA) is 68.1 Å². The fourth-order valence-corrected chi connectivity index (χ4v) is 4.84. The van der Waals surface area contributed by atoms with Crippen molar-refractivity contribution in [3.05, 3.63) is 59.4 Å². The lowest BCUT2D eigenvalue weighted by Gasteiger charge is -2.28. The Bertz CT molecular complexity index is 1330. The zero-order valence-corrected chi connectivity index (χ0v) is 19.9. The molecule has 0 radical (unpaired) electrons. The zero-order chi connectivity index (χ0) is 23.1. The summed E-state index contributed by atoms with van der Waals surface area (Å²) in [6.45, 7) is 5.01. The molecule has 6 rings (SSSR count). The molecule has 174 valence electrons. The number of nitrogens with zero attached hydrogens (tertiary/aromatic N) is 5. The number of nitrogens with one attached hydrogen (secondary N) is 1. The van der Waals surface area contributed by atoms with Gasteiger partial charge in [0.15, 0.2) is 0 Å². The Labute approximate surface area is 203 Å². The first kappa shape index (κ1) is 21.4. The molecular weight excluding hydrogens is 448 g/mol. The van der Waals surface area contributed by atoms with E-state index in [1.54, 1.807) is 0 Å². The van der Waals surface area contributed by atoms with Crippen LogP contribution in [-0.2, 0) is 4.74 Å². The summed E-state index contributed by atoms with van der Waals surface area (Å²) < 4.78 is 7.94. The van der Waals surface area contributed by atoms with Gasteiger partial charge in [-0.3, -0.25) is 0 Å². The molecule has 0 atom stereocenters. The van der Waals surface area contributed by atoms with E-state index in [2.05, 4.69) is 39.9 Å². The Morgan fingerprint density at radius 2 is 1.76 bits per heavy atom. The third-order valence-corrected chi connectivity index (χ3v) is 6.98. The van der Waals surface area contributed by atoms with Gasteiger partial charge in [-0.25, -0.2) is 9.97 Å². The SMILES string of the molecule is Cc1nc2ccc(-c3cc(Nc4ccc(Cl)cc4)nc(N4CCOCC4)n3)cc2n1C1CCC1. The van der Waals surface area contributed by atoms with Gasteiger partial charge in [0.25, 0.3) is 0 Å². The highest BCUT2D eigenvalue weighted by Gasteiger charge is 2.24. The number of imidazole rings is 1. The van der Waals surface area contributed by atoms with Crippen molar-refractivity contribution in [2.75, 3.05) is 36.5 Å². The second kappa shape index (κ2) is 8.89. The molecule has 0 spiro atoms. The molecule has 34 heavy (non-hydrogen) atoms. The maximum Gasteiger partial charge on any atom is 0.228 e. The van der Waals surface area contributed by atoms with Crippen LogP contribution in [0, 0.1) is 6.92 Å². The lowest BCUT2D eigenvalue weighted by Crippen LogP contribution is -2.37. The Hall–Kier alpha value is -3.16. The van der Waals surface area contributed by atoms with Crippen molar-refractivity contribution >= 4 is 40.1 Å². The molecule has 1 N–H and O–H groups in total. The molecule has 1 saturated carbocycles. The molecule has 2 aromatic carbocycles. The van der Waals surface area contributed by atoms with Crippen LogP contribution in [0.15, 0.2) is 48.5 Å². The van der Waals surface area contributed by atoms with Crippen LogP contribution >= 0.6 is 11.6 Å². The Morgan fingerprint density at radius 1 is 0.971 bits per heavy atom. The van der Waals surface area contributed by atoms with Crippen LogP contribution in [0.4, 0.5) is 17.5 Å². The summed E-state index contributed by atoms with van der Waals surface area (Å²) in [6.07, 6.45) is 3.73. The summed E-state index contributed by atoms with van der Waals surface area (Å²) in [7, 11) is 0. The number of halogens is 1. The van der Waals surface area contributed by atoms with Crippen molar-refractivity contribution < 1.29 is 4.74 Å². The average Bonchev–Trinajstić information content (AvgIpc) is 3.15. The fraction of sp³-hybridized carbons (Fsp3) is 0.346. The molecule has 4 aromatic rings. The second-order valence-corrected chi connectivity index (χ2v) is 9.42. The molecule has 7 nitrogen and oxygen atoms in total. The highest BCUT2D eigenvalue weighted by atomic mass is 35.5. The normalized spacial score (nSPS) is 16.6. The molecule has 1 aliphatic heterocycles. The van der Waals surface area contributed by atoms with Crippen LogP contribution in [-0.4, -0.2) is 45.8 Å². The molecule has 0 bridgehead atoms. The van der Waals surface area contributed by atoms with Crippen LogP contribution in [0.2, 0.25) is 5.02 Å². The van der Waals surface area contributed by atoms with Gasteiger partial charge in [-0.1, -0.05) is 17.7 Å². The number of morpholine rings is 1. The monoisotopic (exact) mass is 474 g/mol. The third kappa shape index (κ3) is 4.10. The van der Waals surface area contributed by atoms with E-state index in [0.717, 1.165) is 47.2 Å². The average molecular weight is 475 g/mol. The molecule has 1 saturated heterocycles. The van der Waals surface area contributed by atoms with E-state index in [1.165, 1.54) is 24.8 Å². The predicted molar refractivity (Wildman–Crippen MR) is 136 cm³/mol. The standard InChI is InChI=1S/C26H27ClN6O/c1-17-28-22-10-5-18(15-24(22)33(17)21-3-2-4-21)23-16-25(29-20-8-6-19(27)7-9-20)31-26(30-23)32-11-13-34-14-12-32/h5-10,15-16,21H,2-4,11-14H2,1H3,(H,29,30,31). The lowest BCUT2D eigenvalue weighted by molar-refractivity contribution is 0.122. The van der Waals surface area contributed by atoms with E-state index in [9.17, 15) is 0 Å². The summed E-state index contributed by atoms with van der Waals surface area (Å²) in [5.74, 6) is 2.54. The highest BCUT2D eigenvalue weighted by molar-refractivity contribution is 6.30. The number of benzene rings is 2. The van der Waals surface area contributed by atoms with Crippen molar-refractivity contribution in [2.45, 2.75) is 32.2 Å².